The molecule has 1 aromatic carbocycles. The van der Waals surface area contributed by atoms with Crippen LogP contribution in [0.3, 0.4) is 0 Å². The Morgan fingerprint density at radius 2 is 1.75 bits per heavy atom. The Bertz CT molecular complexity index is 364. The maximum absolute atomic E-state index is 6.18. The molecule has 1 rings (SSSR count). The van der Waals surface area contributed by atoms with Gasteiger partial charge < -0.3 is 4.74 Å². The third-order valence-electron chi connectivity index (χ3n) is 3.26. The van der Waals surface area contributed by atoms with Gasteiger partial charge in [-0.15, -0.1) is 0 Å². The molecule has 0 fully saturated rings. The summed E-state index contributed by atoms with van der Waals surface area (Å²) in [6.45, 7) is 9.78. The average molecular weight is 341 g/mol. The van der Waals surface area contributed by atoms with Crippen molar-refractivity contribution in [2.24, 2.45) is 5.41 Å². The van der Waals surface area contributed by atoms with E-state index in [1.54, 1.807) is 0 Å². The molecule has 2 heteroatoms. The van der Waals surface area contributed by atoms with Crippen molar-refractivity contribution in [3.63, 3.8) is 0 Å². The minimum Gasteiger partial charge on any atom is -0.377 e. The molecule has 0 saturated carbocycles. The first-order valence-electron chi connectivity index (χ1n) is 7.77. The van der Waals surface area contributed by atoms with E-state index in [0.717, 1.165) is 17.5 Å². The molecule has 0 spiro atoms. The van der Waals surface area contributed by atoms with Gasteiger partial charge in [-0.3, -0.25) is 0 Å². The van der Waals surface area contributed by atoms with Gasteiger partial charge in [0, 0.05) is 4.47 Å². The van der Waals surface area contributed by atoms with Gasteiger partial charge in [0.2, 0.25) is 0 Å². The Labute approximate surface area is 133 Å². The third kappa shape index (κ3) is 8.06. The van der Waals surface area contributed by atoms with Gasteiger partial charge in [0.25, 0.3) is 0 Å². The summed E-state index contributed by atoms with van der Waals surface area (Å²) in [5, 5.41) is 0. The Morgan fingerprint density at radius 1 is 1.10 bits per heavy atom. The summed E-state index contributed by atoms with van der Waals surface area (Å²) in [7, 11) is 0. The summed E-state index contributed by atoms with van der Waals surface area (Å²) in [5.74, 6) is 0. The monoisotopic (exact) mass is 340 g/mol. The normalized spacial score (nSPS) is 13.4. The van der Waals surface area contributed by atoms with Crippen molar-refractivity contribution in [3.8, 4) is 0 Å². The largest absolute Gasteiger partial charge is 0.377 e. The Kier molecular flexibility index (Phi) is 7.83. The highest BCUT2D eigenvalue weighted by atomic mass is 79.9. The van der Waals surface area contributed by atoms with E-state index in [4.69, 9.17) is 4.74 Å². The highest BCUT2D eigenvalue weighted by molar-refractivity contribution is 9.10. The van der Waals surface area contributed by atoms with E-state index in [9.17, 15) is 0 Å². The van der Waals surface area contributed by atoms with E-state index in [2.05, 4.69) is 67.9 Å². The minimum atomic E-state index is 0.239. The summed E-state index contributed by atoms with van der Waals surface area (Å²) < 4.78 is 7.31. The van der Waals surface area contributed by atoms with Crippen LogP contribution < -0.4 is 0 Å². The number of ether oxygens (including phenoxy) is 1. The molecule has 0 amide bonds. The molecule has 0 aromatic heterocycles. The SMILES string of the molecule is CCCCCC(Cc1ccc(Br)cc1)OCC(C)(C)C. The molecule has 0 aliphatic carbocycles. The number of hydrogen-bond donors (Lipinski definition) is 0. The lowest BCUT2D eigenvalue weighted by atomic mass is 9.97. The van der Waals surface area contributed by atoms with Crippen LogP contribution in [0.1, 0.15) is 58.9 Å². The predicted octanol–water partition coefficient (Wildman–Crippen LogP) is 6.00. The van der Waals surface area contributed by atoms with Crippen LogP contribution in [0.5, 0.6) is 0 Å². The second kappa shape index (κ2) is 8.84. The molecular weight excluding hydrogens is 312 g/mol. The molecule has 0 saturated heterocycles. The fourth-order valence-electron chi connectivity index (χ4n) is 2.12. The van der Waals surface area contributed by atoms with Crippen molar-refractivity contribution in [2.45, 2.75) is 65.9 Å². The fourth-order valence-corrected chi connectivity index (χ4v) is 2.38. The number of rotatable bonds is 8. The van der Waals surface area contributed by atoms with Crippen molar-refractivity contribution in [2.75, 3.05) is 6.61 Å². The molecule has 0 aliphatic rings. The molecule has 0 bridgehead atoms. The van der Waals surface area contributed by atoms with Gasteiger partial charge in [-0.2, -0.15) is 0 Å². The Morgan fingerprint density at radius 3 is 2.30 bits per heavy atom. The molecule has 20 heavy (non-hydrogen) atoms. The highest BCUT2D eigenvalue weighted by Crippen LogP contribution is 2.20. The van der Waals surface area contributed by atoms with Crippen LogP contribution >= 0.6 is 15.9 Å². The molecule has 0 radical (unpaired) electrons. The Balaban J connectivity index is 2.54. The molecule has 0 aliphatic heterocycles. The van der Waals surface area contributed by atoms with Crippen molar-refractivity contribution >= 4 is 15.9 Å². The van der Waals surface area contributed by atoms with Crippen LogP contribution in [-0.4, -0.2) is 12.7 Å². The lowest BCUT2D eigenvalue weighted by Crippen LogP contribution is -2.23. The highest BCUT2D eigenvalue weighted by Gasteiger charge is 2.16. The molecule has 0 N–H and O–H groups in total. The van der Waals surface area contributed by atoms with Crippen LogP contribution in [0.2, 0.25) is 0 Å². The summed E-state index contributed by atoms with van der Waals surface area (Å²) in [6, 6.07) is 8.61. The van der Waals surface area contributed by atoms with Crippen molar-refractivity contribution < 1.29 is 4.74 Å². The van der Waals surface area contributed by atoms with Gasteiger partial charge >= 0.3 is 0 Å². The summed E-state index contributed by atoms with van der Waals surface area (Å²) in [6.07, 6.45) is 6.37. The second-order valence-corrected chi connectivity index (χ2v) is 7.74. The average Bonchev–Trinajstić information content (AvgIpc) is 2.37. The summed E-state index contributed by atoms with van der Waals surface area (Å²) >= 11 is 3.49. The molecule has 1 aromatic rings. The summed E-state index contributed by atoms with van der Waals surface area (Å²) in [4.78, 5) is 0. The van der Waals surface area contributed by atoms with Crippen LogP contribution in [0, 0.1) is 5.41 Å². The zero-order chi connectivity index (χ0) is 15.0. The van der Waals surface area contributed by atoms with Gasteiger partial charge in [0.05, 0.1) is 12.7 Å². The first kappa shape index (κ1) is 17.7. The smallest absolute Gasteiger partial charge is 0.0615 e. The molecule has 0 heterocycles. The molecule has 114 valence electrons. The van der Waals surface area contributed by atoms with Gasteiger partial charge in [-0.25, -0.2) is 0 Å². The number of benzene rings is 1. The first-order chi connectivity index (χ1) is 9.40. The number of halogens is 1. The predicted molar refractivity (Wildman–Crippen MR) is 91.2 cm³/mol. The first-order valence-corrected chi connectivity index (χ1v) is 8.56. The van der Waals surface area contributed by atoms with Crippen molar-refractivity contribution in [1.29, 1.82) is 0 Å². The Hall–Kier alpha value is -0.340. The van der Waals surface area contributed by atoms with Gasteiger partial charge in [0.15, 0.2) is 0 Å². The maximum Gasteiger partial charge on any atom is 0.0615 e. The van der Waals surface area contributed by atoms with E-state index in [1.165, 1.54) is 31.2 Å². The van der Waals surface area contributed by atoms with Gasteiger partial charge in [-0.1, -0.05) is 75.0 Å². The van der Waals surface area contributed by atoms with Gasteiger partial charge in [0.1, 0.15) is 0 Å². The van der Waals surface area contributed by atoms with E-state index >= 15 is 0 Å². The standard InChI is InChI=1S/C18H29BrO/c1-5-6-7-8-17(20-14-18(2,3)4)13-15-9-11-16(19)12-10-15/h9-12,17H,5-8,13-14H2,1-4H3. The van der Waals surface area contributed by atoms with Crippen LogP contribution in [0.4, 0.5) is 0 Å². The van der Waals surface area contributed by atoms with Crippen LogP contribution in [0.25, 0.3) is 0 Å². The van der Waals surface area contributed by atoms with Crippen LogP contribution in [0.15, 0.2) is 28.7 Å². The molecule has 1 atom stereocenters. The van der Waals surface area contributed by atoms with E-state index in [0.29, 0.717) is 6.10 Å². The molecule has 1 nitrogen and oxygen atoms in total. The minimum absolute atomic E-state index is 0.239. The number of unbranched alkanes of at least 4 members (excludes halogenated alkanes) is 2. The second-order valence-electron chi connectivity index (χ2n) is 6.82. The van der Waals surface area contributed by atoms with Crippen LogP contribution in [-0.2, 0) is 11.2 Å². The van der Waals surface area contributed by atoms with Crippen molar-refractivity contribution in [3.05, 3.63) is 34.3 Å². The summed E-state index contributed by atoms with van der Waals surface area (Å²) in [5.41, 5.74) is 1.60. The van der Waals surface area contributed by atoms with E-state index in [1.807, 2.05) is 0 Å². The van der Waals surface area contributed by atoms with Crippen molar-refractivity contribution in [1.82, 2.24) is 0 Å². The molecule has 1 unspecified atom stereocenters. The zero-order valence-electron chi connectivity index (χ0n) is 13.4. The quantitative estimate of drug-likeness (QED) is 0.527. The maximum atomic E-state index is 6.18. The lowest BCUT2D eigenvalue weighted by molar-refractivity contribution is 0.00355. The fraction of sp³-hybridized carbons (Fsp3) is 0.667. The lowest BCUT2D eigenvalue weighted by Gasteiger charge is -2.24. The third-order valence-corrected chi connectivity index (χ3v) is 3.79. The topological polar surface area (TPSA) is 9.23 Å². The zero-order valence-corrected chi connectivity index (χ0v) is 15.0. The van der Waals surface area contributed by atoms with E-state index < -0.39 is 0 Å². The number of hydrogen-bond acceptors (Lipinski definition) is 1. The van der Waals surface area contributed by atoms with Gasteiger partial charge in [-0.05, 0) is 36.0 Å². The van der Waals surface area contributed by atoms with E-state index in [-0.39, 0.29) is 5.41 Å². The molecular formula is C18H29BrO.